The quantitative estimate of drug-likeness (QED) is 0.482. The van der Waals surface area contributed by atoms with E-state index in [1.807, 2.05) is 24.3 Å². The number of hydrogen-bond donors (Lipinski definition) is 1. The summed E-state index contributed by atoms with van der Waals surface area (Å²) in [6, 6.07) is 20.0. The van der Waals surface area contributed by atoms with Gasteiger partial charge in [0.25, 0.3) is 10.0 Å². The van der Waals surface area contributed by atoms with E-state index >= 15 is 0 Å². The molecule has 34 heavy (non-hydrogen) atoms. The Balaban J connectivity index is 1.56. The molecule has 7 nitrogen and oxygen atoms in total. The Morgan fingerprint density at radius 2 is 1.71 bits per heavy atom. The summed E-state index contributed by atoms with van der Waals surface area (Å²) in [6.45, 7) is 1.65. The highest BCUT2D eigenvalue weighted by molar-refractivity contribution is 7.92. The standard InChI is InChI=1S/C25H26ClN3O4S/c1-33-23-11-13-24(14-12-23)34(31,32)29(22-6-4-5-19(26)17-22)18-25(30)27-20-7-9-21(10-8-20)28-15-2-3-16-28/h4-14,17H,2-3,15-16,18H2,1H3,(H,27,30). The van der Waals surface area contributed by atoms with Crippen LogP contribution in [0, 0.1) is 0 Å². The first-order valence-corrected chi connectivity index (χ1v) is 12.8. The molecule has 1 N–H and O–H groups in total. The number of nitrogens with one attached hydrogen (secondary N) is 1. The van der Waals surface area contributed by atoms with Gasteiger partial charge < -0.3 is 15.0 Å². The average molecular weight is 500 g/mol. The molecule has 1 amide bonds. The second kappa shape index (κ2) is 10.4. The Hall–Kier alpha value is -3.23. The molecule has 1 heterocycles. The van der Waals surface area contributed by atoms with Gasteiger partial charge in [-0.3, -0.25) is 9.10 Å². The highest BCUT2D eigenvalue weighted by Crippen LogP contribution is 2.27. The number of anilines is 3. The lowest BCUT2D eigenvalue weighted by Crippen LogP contribution is -2.38. The number of halogens is 1. The summed E-state index contributed by atoms with van der Waals surface area (Å²) in [7, 11) is -2.55. The SMILES string of the molecule is COc1ccc(S(=O)(=O)N(CC(=O)Nc2ccc(N3CCCC3)cc2)c2cccc(Cl)c2)cc1. The zero-order valence-corrected chi connectivity index (χ0v) is 20.3. The van der Waals surface area contributed by atoms with Crippen molar-refractivity contribution < 1.29 is 17.9 Å². The molecule has 1 saturated heterocycles. The molecule has 0 spiro atoms. The van der Waals surface area contributed by atoms with Crippen molar-refractivity contribution in [2.75, 3.05) is 41.3 Å². The van der Waals surface area contributed by atoms with Crippen molar-refractivity contribution in [3.05, 3.63) is 77.8 Å². The average Bonchev–Trinajstić information content (AvgIpc) is 3.38. The number of carbonyl (C=O) groups is 1. The number of amides is 1. The number of carbonyl (C=O) groups excluding carboxylic acids is 1. The van der Waals surface area contributed by atoms with Gasteiger partial charge in [0.15, 0.2) is 0 Å². The van der Waals surface area contributed by atoms with Gasteiger partial charge in [0.05, 0.1) is 17.7 Å². The molecule has 0 atom stereocenters. The van der Waals surface area contributed by atoms with Crippen LogP contribution < -0.4 is 19.3 Å². The smallest absolute Gasteiger partial charge is 0.264 e. The van der Waals surface area contributed by atoms with Gasteiger partial charge in [-0.25, -0.2) is 8.42 Å². The molecule has 0 aromatic heterocycles. The van der Waals surface area contributed by atoms with Crippen LogP contribution in [0.25, 0.3) is 0 Å². The lowest BCUT2D eigenvalue weighted by molar-refractivity contribution is -0.114. The first kappa shape index (κ1) is 23.9. The van der Waals surface area contributed by atoms with E-state index in [4.69, 9.17) is 16.3 Å². The Labute approximate surface area is 205 Å². The maximum absolute atomic E-state index is 13.5. The number of hydrogen-bond acceptors (Lipinski definition) is 5. The fraction of sp³-hybridized carbons (Fsp3) is 0.240. The van der Waals surface area contributed by atoms with Crippen LogP contribution in [0.15, 0.2) is 77.7 Å². The van der Waals surface area contributed by atoms with Crippen molar-refractivity contribution in [1.82, 2.24) is 0 Å². The minimum Gasteiger partial charge on any atom is -0.497 e. The molecule has 178 valence electrons. The molecule has 1 fully saturated rings. The van der Waals surface area contributed by atoms with Crippen LogP contribution in [0.2, 0.25) is 5.02 Å². The second-order valence-corrected chi connectivity index (χ2v) is 10.3. The van der Waals surface area contributed by atoms with Crippen molar-refractivity contribution in [2.24, 2.45) is 0 Å². The third-order valence-electron chi connectivity index (χ3n) is 5.65. The van der Waals surface area contributed by atoms with Crippen molar-refractivity contribution in [1.29, 1.82) is 0 Å². The molecule has 3 aromatic rings. The van der Waals surface area contributed by atoms with E-state index in [2.05, 4.69) is 10.2 Å². The van der Waals surface area contributed by atoms with E-state index in [0.717, 1.165) is 23.1 Å². The first-order valence-electron chi connectivity index (χ1n) is 10.9. The molecule has 0 saturated carbocycles. The normalized spacial score (nSPS) is 13.5. The number of benzene rings is 3. The predicted octanol–water partition coefficient (Wildman–Crippen LogP) is 4.78. The van der Waals surface area contributed by atoms with E-state index in [0.29, 0.717) is 22.1 Å². The molecule has 0 aliphatic carbocycles. The van der Waals surface area contributed by atoms with Crippen LogP contribution in [-0.4, -0.2) is 41.1 Å². The molecular weight excluding hydrogens is 474 g/mol. The van der Waals surface area contributed by atoms with Gasteiger partial charge in [0.2, 0.25) is 5.91 Å². The largest absolute Gasteiger partial charge is 0.497 e. The summed E-state index contributed by atoms with van der Waals surface area (Å²) in [5.41, 5.74) is 2.00. The summed E-state index contributed by atoms with van der Waals surface area (Å²) in [6.07, 6.45) is 2.36. The monoisotopic (exact) mass is 499 g/mol. The van der Waals surface area contributed by atoms with Gasteiger partial charge in [0.1, 0.15) is 12.3 Å². The van der Waals surface area contributed by atoms with E-state index in [1.54, 1.807) is 30.3 Å². The van der Waals surface area contributed by atoms with Crippen molar-refractivity contribution in [3.8, 4) is 5.75 Å². The second-order valence-electron chi connectivity index (χ2n) is 7.96. The molecule has 1 aliphatic rings. The predicted molar refractivity (Wildman–Crippen MR) is 135 cm³/mol. The molecular formula is C25H26ClN3O4S. The lowest BCUT2D eigenvalue weighted by atomic mass is 10.2. The van der Waals surface area contributed by atoms with Crippen LogP contribution in [-0.2, 0) is 14.8 Å². The summed E-state index contributed by atoms with van der Waals surface area (Å²) in [5.74, 6) is 0.0642. The first-order chi connectivity index (χ1) is 16.4. The molecule has 3 aromatic carbocycles. The maximum atomic E-state index is 13.5. The number of methoxy groups -OCH3 is 1. The highest BCUT2D eigenvalue weighted by Gasteiger charge is 2.27. The van der Waals surface area contributed by atoms with Crippen LogP contribution in [0.1, 0.15) is 12.8 Å². The van der Waals surface area contributed by atoms with E-state index in [-0.39, 0.29) is 4.90 Å². The Morgan fingerprint density at radius 1 is 1.03 bits per heavy atom. The van der Waals surface area contributed by atoms with Crippen LogP contribution in [0.4, 0.5) is 17.1 Å². The van der Waals surface area contributed by atoms with E-state index in [9.17, 15) is 13.2 Å². The highest BCUT2D eigenvalue weighted by atomic mass is 35.5. The van der Waals surface area contributed by atoms with Crippen LogP contribution >= 0.6 is 11.6 Å². The minimum atomic E-state index is -4.05. The minimum absolute atomic E-state index is 0.0380. The fourth-order valence-corrected chi connectivity index (χ4v) is 5.48. The molecule has 0 unspecified atom stereocenters. The zero-order chi connectivity index (χ0) is 24.1. The molecule has 1 aliphatic heterocycles. The summed E-state index contributed by atoms with van der Waals surface area (Å²) in [4.78, 5) is 15.3. The van der Waals surface area contributed by atoms with Gasteiger partial charge in [-0.2, -0.15) is 0 Å². The van der Waals surface area contributed by atoms with E-state index < -0.39 is 22.5 Å². The summed E-state index contributed by atoms with van der Waals surface area (Å²) in [5, 5.41) is 3.17. The Morgan fingerprint density at radius 3 is 2.32 bits per heavy atom. The molecule has 0 radical (unpaired) electrons. The number of ether oxygens (including phenoxy) is 1. The van der Waals surface area contributed by atoms with Crippen LogP contribution in [0.3, 0.4) is 0 Å². The summed E-state index contributed by atoms with van der Waals surface area (Å²) < 4.78 is 33.1. The maximum Gasteiger partial charge on any atom is 0.264 e. The topological polar surface area (TPSA) is 79.0 Å². The van der Waals surface area contributed by atoms with Crippen molar-refractivity contribution >= 4 is 44.6 Å². The lowest BCUT2D eigenvalue weighted by Gasteiger charge is -2.24. The number of nitrogens with zero attached hydrogens (tertiary/aromatic N) is 2. The molecule has 0 bridgehead atoms. The van der Waals surface area contributed by atoms with Crippen molar-refractivity contribution in [2.45, 2.75) is 17.7 Å². The molecule has 4 rings (SSSR count). The fourth-order valence-electron chi connectivity index (χ4n) is 3.88. The van der Waals surface area contributed by atoms with Gasteiger partial charge in [0, 0.05) is 29.5 Å². The zero-order valence-electron chi connectivity index (χ0n) is 18.8. The van der Waals surface area contributed by atoms with Gasteiger partial charge in [-0.05, 0) is 79.6 Å². The van der Waals surface area contributed by atoms with Gasteiger partial charge in [-0.15, -0.1) is 0 Å². The third kappa shape index (κ3) is 5.46. The van der Waals surface area contributed by atoms with E-state index in [1.165, 1.54) is 38.2 Å². The van der Waals surface area contributed by atoms with Gasteiger partial charge >= 0.3 is 0 Å². The Kier molecular flexibility index (Phi) is 7.29. The Bertz CT molecular complexity index is 1240. The third-order valence-corrected chi connectivity index (χ3v) is 7.68. The molecule has 9 heteroatoms. The summed E-state index contributed by atoms with van der Waals surface area (Å²) >= 11 is 6.12. The van der Waals surface area contributed by atoms with Crippen LogP contribution in [0.5, 0.6) is 5.75 Å². The van der Waals surface area contributed by atoms with Gasteiger partial charge in [-0.1, -0.05) is 17.7 Å². The van der Waals surface area contributed by atoms with Crippen molar-refractivity contribution in [3.63, 3.8) is 0 Å². The number of sulfonamides is 1. The number of rotatable bonds is 8.